The minimum Gasteiger partial charge on any atom is -0.330 e. The molecule has 37 heavy (non-hydrogen) atoms. The van der Waals surface area contributed by atoms with Crippen molar-refractivity contribution in [2.45, 2.75) is 51.5 Å². The van der Waals surface area contributed by atoms with Crippen LogP contribution in [0.4, 0.5) is 0 Å². The van der Waals surface area contributed by atoms with Crippen molar-refractivity contribution in [1.29, 1.82) is 0 Å². The number of benzene rings is 2. The number of hydrogen-bond donors (Lipinski definition) is 0. The van der Waals surface area contributed by atoms with Crippen molar-refractivity contribution in [2.24, 2.45) is 18.9 Å². The van der Waals surface area contributed by atoms with E-state index in [4.69, 9.17) is 4.98 Å². The summed E-state index contributed by atoms with van der Waals surface area (Å²) >= 11 is 0. The average Bonchev–Trinajstić information content (AvgIpc) is 3.28. The third-order valence-corrected chi connectivity index (χ3v) is 8.61. The van der Waals surface area contributed by atoms with Gasteiger partial charge < -0.3 is 4.57 Å². The molecule has 0 saturated heterocycles. The summed E-state index contributed by atoms with van der Waals surface area (Å²) in [6.07, 6.45) is 9.59. The van der Waals surface area contributed by atoms with Crippen LogP contribution in [-0.2, 0) is 20.0 Å². The third kappa shape index (κ3) is 5.10. The Kier molecular flexibility index (Phi) is 6.88. The second-order valence-electron chi connectivity index (χ2n) is 11.0. The molecular formula is C32H36N4O. The Balaban J connectivity index is 0.997. The van der Waals surface area contributed by atoms with Crippen molar-refractivity contribution >= 4 is 16.7 Å². The average molecular weight is 493 g/mol. The Morgan fingerprint density at radius 2 is 1.76 bits per heavy atom. The van der Waals surface area contributed by atoms with Gasteiger partial charge in [-0.2, -0.15) is 0 Å². The topological polar surface area (TPSA) is 51.0 Å². The highest BCUT2D eigenvalue weighted by molar-refractivity contribution is 6.07. The molecule has 0 unspecified atom stereocenters. The molecule has 2 aromatic heterocycles. The fourth-order valence-electron chi connectivity index (χ4n) is 6.39. The number of carbonyl (C=O) groups is 1. The van der Waals surface area contributed by atoms with Gasteiger partial charge in [0, 0.05) is 55.7 Å². The van der Waals surface area contributed by atoms with Crippen LogP contribution in [0.3, 0.4) is 0 Å². The molecule has 1 aliphatic carbocycles. The minimum absolute atomic E-state index is 0.275. The van der Waals surface area contributed by atoms with Crippen molar-refractivity contribution in [3.8, 4) is 11.4 Å². The molecule has 0 bridgehead atoms. The first-order valence-electron chi connectivity index (χ1n) is 13.8. The van der Waals surface area contributed by atoms with Crippen LogP contribution in [0.5, 0.6) is 0 Å². The van der Waals surface area contributed by atoms with Gasteiger partial charge in [-0.3, -0.25) is 14.7 Å². The number of aromatic nitrogens is 3. The maximum Gasteiger partial charge on any atom is 0.163 e. The Bertz CT molecular complexity index is 1380. The van der Waals surface area contributed by atoms with Gasteiger partial charge in [-0.15, -0.1) is 0 Å². The van der Waals surface area contributed by atoms with Crippen molar-refractivity contribution in [1.82, 2.24) is 19.4 Å². The SMILES string of the molecule is Cn1c(-c2ccccc2)nc2c1CN(CCC1CCC(CC(=O)c3cccc4ncccc34)CC1)CC2. The van der Waals surface area contributed by atoms with E-state index in [1.54, 1.807) is 6.20 Å². The van der Waals surface area contributed by atoms with Gasteiger partial charge in [-0.25, -0.2) is 4.98 Å². The summed E-state index contributed by atoms with van der Waals surface area (Å²) in [6, 6.07) is 20.4. The van der Waals surface area contributed by atoms with Gasteiger partial charge in [0.1, 0.15) is 5.82 Å². The van der Waals surface area contributed by atoms with E-state index in [1.165, 1.54) is 49.1 Å². The van der Waals surface area contributed by atoms with Gasteiger partial charge in [0.15, 0.2) is 5.78 Å². The van der Waals surface area contributed by atoms with Gasteiger partial charge in [0.2, 0.25) is 0 Å². The predicted octanol–water partition coefficient (Wildman–Crippen LogP) is 6.46. The van der Waals surface area contributed by atoms with Crippen molar-refractivity contribution in [3.63, 3.8) is 0 Å². The first-order chi connectivity index (χ1) is 18.2. The number of nitrogens with zero attached hydrogens (tertiary/aromatic N) is 4. The molecule has 0 spiro atoms. The molecule has 0 radical (unpaired) electrons. The number of carbonyl (C=O) groups excluding carboxylic acids is 1. The number of imidazole rings is 1. The summed E-state index contributed by atoms with van der Waals surface area (Å²) in [7, 11) is 2.16. The van der Waals surface area contributed by atoms with Crippen LogP contribution in [0.25, 0.3) is 22.3 Å². The minimum atomic E-state index is 0.275. The number of ketones is 1. The van der Waals surface area contributed by atoms with E-state index in [0.29, 0.717) is 12.3 Å². The summed E-state index contributed by atoms with van der Waals surface area (Å²) in [4.78, 5) is 25.1. The summed E-state index contributed by atoms with van der Waals surface area (Å²) in [5.41, 5.74) is 5.58. The number of pyridine rings is 1. The zero-order chi connectivity index (χ0) is 25.2. The van der Waals surface area contributed by atoms with Gasteiger partial charge in [0.25, 0.3) is 0 Å². The first kappa shape index (κ1) is 24.1. The van der Waals surface area contributed by atoms with Gasteiger partial charge in [0.05, 0.1) is 16.9 Å². The third-order valence-electron chi connectivity index (χ3n) is 8.61. The maximum absolute atomic E-state index is 13.1. The number of hydrogen-bond acceptors (Lipinski definition) is 4. The van der Waals surface area contributed by atoms with Gasteiger partial charge >= 0.3 is 0 Å². The van der Waals surface area contributed by atoms with Crippen LogP contribution >= 0.6 is 0 Å². The zero-order valence-corrected chi connectivity index (χ0v) is 21.8. The van der Waals surface area contributed by atoms with Crippen LogP contribution in [0, 0.1) is 11.8 Å². The summed E-state index contributed by atoms with van der Waals surface area (Å²) in [6.45, 7) is 3.25. The molecule has 1 aliphatic heterocycles. The molecule has 4 aromatic rings. The van der Waals surface area contributed by atoms with Crippen LogP contribution in [0.2, 0.25) is 0 Å². The number of Topliss-reactive ketones (excluding diaryl/α,β-unsaturated/α-hetero) is 1. The fraction of sp³-hybridized carbons (Fsp3) is 0.406. The summed E-state index contributed by atoms with van der Waals surface area (Å²) < 4.78 is 2.30. The van der Waals surface area contributed by atoms with Crippen LogP contribution < -0.4 is 0 Å². The molecule has 0 amide bonds. The van der Waals surface area contributed by atoms with E-state index >= 15 is 0 Å². The van der Waals surface area contributed by atoms with E-state index in [-0.39, 0.29) is 5.78 Å². The lowest BCUT2D eigenvalue weighted by Crippen LogP contribution is -2.33. The van der Waals surface area contributed by atoms with E-state index in [9.17, 15) is 4.79 Å². The molecule has 5 heteroatoms. The number of rotatable bonds is 7. The molecule has 190 valence electrons. The standard InChI is InChI=1S/C32H36N4O/c1-35-30-22-36(20-17-29(30)34-32(35)25-7-3-2-4-8-25)19-16-23-12-14-24(15-13-23)21-31(37)27-9-5-11-28-26(27)10-6-18-33-28/h2-11,18,23-24H,12-17,19-22H2,1H3. The molecular weight excluding hydrogens is 456 g/mol. The highest BCUT2D eigenvalue weighted by Crippen LogP contribution is 2.34. The Morgan fingerprint density at radius 1 is 0.946 bits per heavy atom. The molecule has 6 rings (SSSR count). The normalized spacial score (nSPS) is 20.1. The fourth-order valence-corrected chi connectivity index (χ4v) is 6.39. The number of fused-ring (bicyclic) bond motifs is 2. The summed E-state index contributed by atoms with van der Waals surface area (Å²) in [5.74, 6) is 2.65. The Hall–Kier alpha value is -3.31. The van der Waals surface area contributed by atoms with E-state index in [2.05, 4.69) is 51.8 Å². The van der Waals surface area contributed by atoms with E-state index in [1.807, 2.05) is 30.3 Å². The first-order valence-corrected chi connectivity index (χ1v) is 13.8. The molecule has 3 heterocycles. The van der Waals surface area contributed by atoms with Crippen molar-refractivity contribution < 1.29 is 4.79 Å². The monoisotopic (exact) mass is 492 g/mol. The summed E-state index contributed by atoms with van der Waals surface area (Å²) in [5, 5.41) is 0.984. The van der Waals surface area contributed by atoms with Crippen LogP contribution in [-0.4, -0.2) is 38.3 Å². The predicted molar refractivity (Wildman–Crippen MR) is 148 cm³/mol. The van der Waals surface area contributed by atoms with Gasteiger partial charge in [-0.1, -0.05) is 61.4 Å². The quantitative estimate of drug-likeness (QED) is 0.278. The molecule has 5 nitrogen and oxygen atoms in total. The largest absolute Gasteiger partial charge is 0.330 e. The van der Waals surface area contributed by atoms with Crippen molar-refractivity contribution in [3.05, 3.63) is 83.8 Å². The molecule has 2 aromatic carbocycles. The molecule has 0 N–H and O–H groups in total. The molecule has 1 fully saturated rings. The van der Waals surface area contributed by atoms with E-state index < -0.39 is 0 Å². The van der Waals surface area contributed by atoms with Crippen molar-refractivity contribution in [2.75, 3.05) is 13.1 Å². The lowest BCUT2D eigenvalue weighted by atomic mass is 9.78. The van der Waals surface area contributed by atoms with Crippen LogP contribution in [0.15, 0.2) is 66.9 Å². The Morgan fingerprint density at radius 3 is 2.59 bits per heavy atom. The lowest BCUT2D eigenvalue weighted by Gasteiger charge is -2.32. The Labute approximate surface area is 219 Å². The highest BCUT2D eigenvalue weighted by Gasteiger charge is 2.27. The van der Waals surface area contributed by atoms with E-state index in [0.717, 1.165) is 54.3 Å². The zero-order valence-electron chi connectivity index (χ0n) is 21.8. The molecule has 0 atom stereocenters. The lowest BCUT2D eigenvalue weighted by molar-refractivity contribution is 0.0941. The highest BCUT2D eigenvalue weighted by atomic mass is 16.1. The molecule has 2 aliphatic rings. The molecule has 1 saturated carbocycles. The maximum atomic E-state index is 13.1. The second-order valence-corrected chi connectivity index (χ2v) is 11.0. The smallest absolute Gasteiger partial charge is 0.163 e. The van der Waals surface area contributed by atoms with Gasteiger partial charge in [-0.05, 0) is 49.8 Å². The second kappa shape index (κ2) is 10.6. The van der Waals surface area contributed by atoms with Crippen LogP contribution in [0.1, 0.15) is 60.3 Å².